The minimum atomic E-state index is -0.591. The normalized spacial score (nSPS) is 17.4. The van der Waals surface area contributed by atoms with Crippen LogP contribution in [0.3, 0.4) is 0 Å². The van der Waals surface area contributed by atoms with Crippen molar-refractivity contribution in [3.05, 3.63) is 29.6 Å². The van der Waals surface area contributed by atoms with Crippen LogP contribution in [0.15, 0.2) is 18.2 Å². The number of piperazine rings is 1. The molecule has 2 rings (SSSR count). The number of halogens is 1. The number of nitrogens with one attached hydrogen (secondary N) is 1. The van der Waals surface area contributed by atoms with Crippen molar-refractivity contribution in [2.75, 3.05) is 44.7 Å². The molecule has 1 amide bonds. The minimum Gasteiger partial charge on any atom is -0.394 e. The van der Waals surface area contributed by atoms with Gasteiger partial charge in [-0.1, -0.05) is 13.8 Å². The zero-order valence-electron chi connectivity index (χ0n) is 14.1. The molecule has 128 valence electrons. The van der Waals surface area contributed by atoms with E-state index in [0.29, 0.717) is 5.56 Å². The van der Waals surface area contributed by atoms with Crippen LogP contribution < -0.4 is 10.2 Å². The molecule has 1 saturated heterocycles. The molecular weight excluding hydrogens is 297 g/mol. The molecule has 0 radical (unpaired) electrons. The van der Waals surface area contributed by atoms with Crippen molar-refractivity contribution in [3.8, 4) is 0 Å². The highest BCUT2D eigenvalue weighted by atomic mass is 19.1. The van der Waals surface area contributed by atoms with Crippen molar-refractivity contribution in [1.82, 2.24) is 10.2 Å². The zero-order valence-corrected chi connectivity index (χ0v) is 14.1. The van der Waals surface area contributed by atoms with E-state index < -0.39 is 6.04 Å². The highest BCUT2D eigenvalue weighted by Gasteiger charge is 2.20. The van der Waals surface area contributed by atoms with Crippen LogP contribution in [0, 0.1) is 11.7 Å². The number of rotatable bonds is 5. The van der Waals surface area contributed by atoms with Gasteiger partial charge in [-0.05, 0) is 30.8 Å². The average molecular weight is 323 g/mol. The fraction of sp³-hybridized carbons (Fsp3) is 0.588. The van der Waals surface area contributed by atoms with Gasteiger partial charge in [-0.3, -0.25) is 4.79 Å². The number of hydrogen-bond donors (Lipinski definition) is 2. The first kappa shape index (κ1) is 17.7. The number of amides is 1. The summed E-state index contributed by atoms with van der Waals surface area (Å²) in [7, 11) is 2.07. The lowest BCUT2D eigenvalue weighted by molar-refractivity contribution is -0.125. The van der Waals surface area contributed by atoms with E-state index in [0.717, 1.165) is 31.9 Å². The Balaban J connectivity index is 2.19. The van der Waals surface area contributed by atoms with E-state index in [4.69, 9.17) is 0 Å². The molecular formula is C17H26FN3O2. The fourth-order valence-electron chi connectivity index (χ4n) is 2.62. The number of likely N-dealkylation sites (N-methyl/N-ethyl adjacent to an activating group) is 1. The van der Waals surface area contributed by atoms with Gasteiger partial charge in [-0.2, -0.15) is 0 Å². The second-order valence-electron chi connectivity index (χ2n) is 6.43. The van der Waals surface area contributed by atoms with Gasteiger partial charge in [0.25, 0.3) is 0 Å². The summed E-state index contributed by atoms with van der Waals surface area (Å²) >= 11 is 0. The molecule has 1 unspecified atom stereocenters. The molecule has 0 aromatic heterocycles. The van der Waals surface area contributed by atoms with Crippen LogP contribution in [0.4, 0.5) is 10.1 Å². The van der Waals surface area contributed by atoms with Crippen LogP contribution in [0.2, 0.25) is 0 Å². The Morgan fingerprint density at radius 1 is 1.26 bits per heavy atom. The van der Waals surface area contributed by atoms with Gasteiger partial charge in [0.2, 0.25) is 5.91 Å². The van der Waals surface area contributed by atoms with Gasteiger partial charge < -0.3 is 20.2 Å². The summed E-state index contributed by atoms with van der Waals surface area (Å²) in [5.74, 6) is -0.696. The van der Waals surface area contributed by atoms with Gasteiger partial charge >= 0.3 is 0 Å². The van der Waals surface area contributed by atoms with Gasteiger partial charge in [-0.25, -0.2) is 4.39 Å². The number of benzene rings is 1. The molecule has 23 heavy (non-hydrogen) atoms. The molecule has 2 N–H and O–H groups in total. The molecule has 0 bridgehead atoms. The fourth-order valence-corrected chi connectivity index (χ4v) is 2.62. The molecule has 5 nitrogen and oxygen atoms in total. The topological polar surface area (TPSA) is 55.8 Å². The lowest BCUT2D eigenvalue weighted by atomic mass is 10.0. The molecule has 1 aromatic rings. The maximum atomic E-state index is 14.0. The van der Waals surface area contributed by atoms with Gasteiger partial charge in [0.05, 0.1) is 12.6 Å². The van der Waals surface area contributed by atoms with E-state index in [1.807, 2.05) is 6.07 Å². The van der Waals surface area contributed by atoms with Crippen molar-refractivity contribution in [3.63, 3.8) is 0 Å². The molecule has 6 heteroatoms. The molecule has 1 aromatic carbocycles. The Hall–Kier alpha value is -1.66. The van der Waals surface area contributed by atoms with Gasteiger partial charge in [0.1, 0.15) is 5.82 Å². The summed E-state index contributed by atoms with van der Waals surface area (Å²) in [5.41, 5.74) is 1.39. The number of hydrogen-bond acceptors (Lipinski definition) is 4. The first-order valence-corrected chi connectivity index (χ1v) is 8.06. The van der Waals surface area contributed by atoms with Gasteiger partial charge in [0.15, 0.2) is 0 Å². The predicted molar refractivity (Wildman–Crippen MR) is 88.9 cm³/mol. The van der Waals surface area contributed by atoms with Crippen molar-refractivity contribution in [2.24, 2.45) is 5.92 Å². The van der Waals surface area contributed by atoms with Crippen LogP contribution in [-0.2, 0) is 4.79 Å². The third-order valence-corrected chi connectivity index (χ3v) is 4.20. The summed E-state index contributed by atoms with van der Waals surface area (Å²) in [6.07, 6.45) is 0. The maximum Gasteiger partial charge on any atom is 0.223 e. The largest absolute Gasteiger partial charge is 0.394 e. The monoisotopic (exact) mass is 323 g/mol. The Bertz CT molecular complexity index is 543. The van der Waals surface area contributed by atoms with Crippen LogP contribution in [-0.4, -0.2) is 55.7 Å². The first-order chi connectivity index (χ1) is 10.9. The van der Waals surface area contributed by atoms with E-state index in [-0.39, 0.29) is 24.2 Å². The van der Waals surface area contributed by atoms with Crippen LogP contribution in [0.5, 0.6) is 0 Å². The second-order valence-corrected chi connectivity index (χ2v) is 6.43. The van der Waals surface area contributed by atoms with Crippen molar-refractivity contribution in [1.29, 1.82) is 0 Å². The van der Waals surface area contributed by atoms with E-state index >= 15 is 0 Å². The number of carbonyl (C=O) groups is 1. The molecule has 0 aliphatic carbocycles. The van der Waals surface area contributed by atoms with Crippen molar-refractivity contribution < 1.29 is 14.3 Å². The molecule has 0 spiro atoms. The molecule has 1 heterocycles. The smallest absolute Gasteiger partial charge is 0.223 e. The first-order valence-electron chi connectivity index (χ1n) is 8.06. The summed E-state index contributed by atoms with van der Waals surface area (Å²) in [6, 6.07) is 4.15. The second kappa shape index (κ2) is 7.75. The van der Waals surface area contributed by atoms with Crippen LogP contribution in [0.25, 0.3) is 0 Å². The molecule has 1 fully saturated rings. The number of anilines is 1. The number of carbonyl (C=O) groups excluding carboxylic acids is 1. The zero-order chi connectivity index (χ0) is 17.0. The lowest BCUT2D eigenvalue weighted by Gasteiger charge is -2.34. The third-order valence-electron chi connectivity index (χ3n) is 4.20. The number of aliphatic hydroxyl groups is 1. The number of aliphatic hydroxyl groups excluding tert-OH is 1. The van der Waals surface area contributed by atoms with E-state index in [1.54, 1.807) is 13.8 Å². The Morgan fingerprint density at radius 2 is 1.91 bits per heavy atom. The minimum absolute atomic E-state index is 0.158. The average Bonchev–Trinajstić information content (AvgIpc) is 2.52. The van der Waals surface area contributed by atoms with E-state index in [9.17, 15) is 14.3 Å². The molecule has 1 aliphatic rings. The summed E-state index contributed by atoms with van der Waals surface area (Å²) in [4.78, 5) is 16.2. The van der Waals surface area contributed by atoms with Crippen molar-refractivity contribution >= 4 is 11.6 Å². The molecule has 0 saturated carbocycles. The Kier molecular flexibility index (Phi) is 5.96. The summed E-state index contributed by atoms with van der Waals surface area (Å²) in [5, 5.41) is 12.3. The maximum absolute atomic E-state index is 14.0. The van der Waals surface area contributed by atoms with Crippen LogP contribution >= 0.6 is 0 Å². The van der Waals surface area contributed by atoms with E-state index in [1.165, 1.54) is 12.1 Å². The summed E-state index contributed by atoms with van der Waals surface area (Å²) in [6.45, 7) is 6.84. The lowest BCUT2D eigenvalue weighted by Crippen LogP contribution is -2.44. The Labute approximate surface area is 137 Å². The van der Waals surface area contributed by atoms with Crippen LogP contribution in [0.1, 0.15) is 25.5 Å². The summed E-state index contributed by atoms with van der Waals surface area (Å²) < 4.78 is 14.0. The predicted octanol–water partition coefficient (Wildman–Crippen LogP) is 1.38. The van der Waals surface area contributed by atoms with Crippen molar-refractivity contribution in [2.45, 2.75) is 19.9 Å². The van der Waals surface area contributed by atoms with E-state index in [2.05, 4.69) is 22.2 Å². The quantitative estimate of drug-likeness (QED) is 0.860. The number of nitrogens with zero attached hydrogens (tertiary/aromatic N) is 2. The highest BCUT2D eigenvalue weighted by molar-refractivity contribution is 5.78. The standard InChI is InChI=1S/C17H26FN3O2/c1-12(2)17(23)19-16(11-22)13-8-14(18)10-15(9-13)21-6-4-20(3)5-7-21/h8-10,12,16,22H,4-7,11H2,1-3H3,(H,19,23). The Morgan fingerprint density at radius 3 is 2.48 bits per heavy atom. The third kappa shape index (κ3) is 4.65. The molecule has 1 aliphatic heterocycles. The SMILES string of the molecule is CC(C)C(=O)NC(CO)c1cc(F)cc(N2CCN(C)CC2)c1. The van der Waals surface area contributed by atoms with Gasteiger partial charge in [-0.15, -0.1) is 0 Å². The highest BCUT2D eigenvalue weighted by Crippen LogP contribution is 2.24. The molecule has 1 atom stereocenters. The van der Waals surface area contributed by atoms with Gasteiger partial charge in [0, 0.05) is 37.8 Å².